The second-order valence-corrected chi connectivity index (χ2v) is 4.68. The molecule has 6 heteroatoms. The van der Waals surface area contributed by atoms with Gasteiger partial charge < -0.3 is 19.5 Å². The Morgan fingerprint density at radius 3 is 2.60 bits per heavy atom. The van der Waals surface area contributed by atoms with Gasteiger partial charge in [-0.2, -0.15) is 0 Å². The highest BCUT2D eigenvalue weighted by atomic mass is 16.5. The van der Waals surface area contributed by atoms with Crippen molar-refractivity contribution in [2.24, 2.45) is 0 Å². The Morgan fingerprint density at radius 2 is 1.95 bits per heavy atom. The molecular formula is C14H25N3O3. The highest BCUT2D eigenvalue weighted by Crippen LogP contribution is 2.18. The maximum atomic E-state index is 5.67. The standard InChI is InChI=1S/C14H25N3O3/c1-11(2)14-16-10-13(12(17-14)9-15-3)20-8-7-19-6-5-18-4/h10-11,15H,5-9H2,1-4H3. The van der Waals surface area contributed by atoms with Crippen LogP contribution in [0.5, 0.6) is 5.75 Å². The van der Waals surface area contributed by atoms with Crippen molar-refractivity contribution in [3.63, 3.8) is 0 Å². The lowest BCUT2D eigenvalue weighted by molar-refractivity contribution is 0.0541. The summed E-state index contributed by atoms with van der Waals surface area (Å²) in [7, 11) is 3.53. The Kier molecular flexibility index (Phi) is 8.10. The fourth-order valence-electron chi connectivity index (χ4n) is 1.57. The van der Waals surface area contributed by atoms with E-state index < -0.39 is 0 Å². The molecule has 6 nitrogen and oxygen atoms in total. The van der Waals surface area contributed by atoms with Crippen LogP contribution in [0.4, 0.5) is 0 Å². The lowest BCUT2D eigenvalue weighted by atomic mass is 10.2. The largest absolute Gasteiger partial charge is 0.488 e. The van der Waals surface area contributed by atoms with Gasteiger partial charge in [-0.3, -0.25) is 0 Å². The summed E-state index contributed by atoms with van der Waals surface area (Å²) < 4.78 is 15.9. The zero-order valence-corrected chi connectivity index (χ0v) is 12.8. The molecular weight excluding hydrogens is 258 g/mol. The summed E-state index contributed by atoms with van der Waals surface area (Å²) in [6.45, 7) is 6.97. The molecule has 0 aliphatic carbocycles. The van der Waals surface area contributed by atoms with Crippen LogP contribution < -0.4 is 10.1 Å². The molecule has 20 heavy (non-hydrogen) atoms. The van der Waals surface area contributed by atoms with Gasteiger partial charge >= 0.3 is 0 Å². The quantitative estimate of drug-likeness (QED) is 0.654. The third-order valence-electron chi connectivity index (χ3n) is 2.63. The zero-order chi connectivity index (χ0) is 14.8. The van der Waals surface area contributed by atoms with Gasteiger partial charge in [0.25, 0.3) is 0 Å². The van der Waals surface area contributed by atoms with Crippen molar-refractivity contribution in [2.45, 2.75) is 26.3 Å². The average molecular weight is 283 g/mol. The van der Waals surface area contributed by atoms with Crippen LogP contribution in [-0.2, 0) is 16.0 Å². The number of ether oxygens (including phenoxy) is 3. The first kappa shape index (κ1) is 16.8. The average Bonchev–Trinajstić information content (AvgIpc) is 2.44. The molecule has 114 valence electrons. The Hall–Kier alpha value is -1.24. The van der Waals surface area contributed by atoms with E-state index in [9.17, 15) is 0 Å². The van der Waals surface area contributed by atoms with Gasteiger partial charge in [0.15, 0.2) is 5.75 Å². The molecule has 1 N–H and O–H groups in total. The van der Waals surface area contributed by atoms with E-state index in [2.05, 4.69) is 29.1 Å². The number of hydrogen-bond donors (Lipinski definition) is 1. The molecule has 0 amide bonds. The number of nitrogens with zero attached hydrogens (tertiary/aromatic N) is 2. The van der Waals surface area contributed by atoms with Crippen LogP contribution in [0.1, 0.15) is 31.3 Å². The SMILES string of the molecule is CNCc1nc(C(C)C)ncc1OCCOCCOC. The molecule has 1 heterocycles. The topological polar surface area (TPSA) is 65.5 Å². The Bertz CT molecular complexity index is 386. The first-order chi connectivity index (χ1) is 9.69. The van der Waals surface area contributed by atoms with Crippen molar-refractivity contribution in [3.05, 3.63) is 17.7 Å². The summed E-state index contributed by atoms with van der Waals surface area (Å²) in [5, 5.41) is 3.09. The van der Waals surface area contributed by atoms with Crippen LogP contribution in [0.15, 0.2) is 6.20 Å². The number of aromatic nitrogens is 2. The fourth-order valence-corrected chi connectivity index (χ4v) is 1.57. The van der Waals surface area contributed by atoms with Crippen LogP contribution in [0.2, 0.25) is 0 Å². The molecule has 1 aromatic heterocycles. The van der Waals surface area contributed by atoms with E-state index in [1.807, 2.05) is 7.05 Å². The first-order valence-corrected chi connectivity index (χ1v) is 6.89. The first-order valence-electron chi connectivity index (χ1n) is 6.89. The number of rotatable bonds is 10. The van der Waals surface area contributed by atoms with Crippen LogP contribution in [-0.4, -0.2) is 50.6 Å². The molecule has 1 aromatic rings. The van der Waals surface area contributed by atoms with E-state index in [0.29, 0.717) is 44.6 Å². The molecule has 0 saturated carbocycles. The monoisotopic (exact) mass is 283 g/mol. The second-order valence-electron chi connectivity index (χ2n) is 4.68. The Balaban J connectivity index is 2.51. The van der Waals surface area contributed by atoms with Gasteiger partial charge in [0.1, 0.15) is 12.4 Å². The summed E-state index contributed by atoms with van der Waals surface area (Å²) in [6.07, 6.45) is 1.74. The van der Waals surface area contributed by atoms with Crippen molar-refractivity contribution >= 4 is 0 Å². The highest BCUT2D eigenvalue weighted by Gasteiger charge is 2.10. The van der Waals surface area contributed by atoms with E-state index in [1.54, 1.807) is 13.3 Å². The van der Waals surface area contributed by atoms with Crippen molar-refractivity contribution in [3.8, 4) is 5.75 Å². The van der Waals surface area contributed by atoms with Gasteiger partial charge in [-0.1, -0.05) is 13.8 Å². The molecule has 0 saturated heterocycles. The second kappa shape index (κ2) is 9.63. The molecule has 0 unspecified atom stereocenters. The fraction of sp³-hybridized carbons (Fsp3) is 0.714. The molecule has 0 radical (unpaired) electrons. The summed E-state index contributed by atoms with van der Waals surface area (Å²) in [4.78, 5) is 8.86. The number of hydrogen-bond acceptors (Lipinski definition) is 6. The minimum Gasteiger partial charge on any atom is -0.488 e. The Labute approximate surface area is 120 Å². The number of methoxy groups -OCH3 is 1. The minimum absolute atomic E-state index is 0.303. The lowest BCUT2D eigenvalue weighted by Crippen LogP contribution is -2.15. The molecule has 0 aromatic carbocycles. The normalized spacial score (nSPS) is 11.1. The van der Waals surface area contributed by atoms with Crippen molar-refractivity contribution in [1.29, 1.82) is 0 Å². The summed E-state index contributed by atoms with van der Waals surface area (Å²) in [5.41, 5.74) is 0.878. The Morgan fingerprint density at radius 1 is 1.20 bits per heavy atom. The molecule has 0 aliphatic heterocycles. The maximum absolute atomic E-state index is 5.67. The van der Waals surface area contributed by atoms with E-state index in [1.165, 1.54) is 0 Å². The minimum atomic E-state index is 0.303. The molecule has 0 atom stereocenters. The van der Waals surface area contributed by atoms with E-state index in [-0.39, 0.29) is 0 Å². The van der Waals surface area contributed by atoms with Crippen LogP contribution >= 0.6 is 0 Å². The highest BCUT2D eigenvalue weighted by molar-refractivity contribution is 5.25. The van der Waals surface area contributed by atoms with Gasteiger partial charge in [0, 0.05) is 19.6 Å². The van der Waals surface area contributed by atoms with E-state index in [0.717, 1.165) is 11.5 Å². The zero-order valence-electron chi connectivity index (χ0n) is 12.8. The van der Waals surface area contributed by atoms with E-state index >= 15 is 0 Å². The molecule has 0 fully saturated rings. The smallest absolute Gasteiger partial charge is 0.160 e. The van der Waals surface area contributed by atoms with Crippen LogP contribution in [0.25, 0.3) is 0 Å². The summed E-state index contributed by atoms with van der Waals surface area (Å²) in [6, 6.07) is 0. The van der Waals surface area contributed by atoms with Gasteiger partial charge in [-0.15, -0.1) is 0 Å². The predicted molar refractivity (Wildman–Crippen MR) is 77.1 cm³/mol. The van der Waals surface area contributed by atoms with Gasteiger partial charge in [0.2, 0.25) is 0 Å². The third-order valence-corrected chi connectivity index (χ3v) is 2.63. The molecule has 1 rings (SSSR count). The predicted octanol–water partition coefficient (Wildman–Crippen LogP) is 1.36. The van der Waals surface area contributed by atoms with Gasteiger partial charge in [-0.25, -0.2) is 9.97 Å². The molecule has 0 aliphatic rings. The summed E-state index contributed by atoms with van der Waals surface area (Å²) >= 11 is 0. The molecule has 0 spiro atoms. The number of nitrogens with one attached hydrogen (secondary N) is 1. The van der Waals surface area contributed by atoms with Crippen LogP contribution in [0.3, 0.4) is 0 Å². The molecule has 0 bridgehead atoms. The van der Waals surface area contributed by atoms with Crippen molar-refractivity contribution in [1.82, 2.24) is 15.3 Å². The maximum Gasteiger partial charge on any atom is 0.160 e. The van der Waals surface area contributed by atoms with E-state index in [4.69, 9.17) is 14.2 Å². The third kappa shape index (κ3) is 5.81. The van der Waals surface area contributed by atoms with Gasteiger partial charge in [0.05, 0.1) is 31.7 Å². The summed E-state index contributed by atoms with van der Waals surface area (Å²) in [5.74, 6) is 1.84. The van der Waals surface area contributed by atoms with Crippen LogP contribution in [0, 0.1) is 0 Å². The van der Waals surface area contributed by atoms with Gasteiger partial charge in [-0.05, 0) is 7.05 Å². The van der Waals surface area contributed by atoms with Crippen molar-refractivity contribution in [2.75, 3.05) is 40.6 Å². The lowest BCUT2D eigenvalue weighted by Gasteiger charge is -2.13. The van der Waals surface area contributed by atoms with Crippen molar-refractivity contribution < 1.29 is 14.2 Å².